The van der Waals surface area contributed by atoms with Crippen molar-refractivity contribution in [1.82, 2.24) is 0 Å². The molecule has 150 valence electrons. The molecule has 0 fully saturated rings. The maximum absolute atomic E-state index is 12.8. The van der Waals surface area contributed by atoms with E-state index in [-0.39, 0.29) is 11.5 Å². The molecule has 0 radical (unpaired) electrons. The fraction of sp³-hybridized carbons (Fsp3) is 0.125. The number of ether oxygens (including phenoxy) is 2. The van der Waals surface area contributed by atoms with Crippen LogP contribution in [0.1, 0.15) is 48.3 Å². The lowest BCUT2D eigenvalue weighted by atomic mass is 9.93. The standard InChI is InChI=1S/C24H19NO5/c1-29-23(27)19-9-5-6-10-20(19)25-22(26)16-11-12-18-17(13-16)14-21(30-24(18)28)15-7-3-2-4-8-15/h2-13,21H,14H2,1H3,(H,25,26). The van der Waals surface area contributed by atoms with Gasteiger partial charge in [0.1, 0.15) is 6.10 Å². The van der Waals surface area contributed by atoms with Gasteiger partial charge in [0.15, 0.2) is 0 Å². The highest BCUT2D eigenvalue weighted by Crippen LogP contribution is 2.31. The SMILES string of the molecule is COC(=O)c1ccccc1NC(=O)c1ccc2c(c1)CC(c1ccccc1)OC2=O. The summed E-state index contributed by atoms with van der Waals surface area (Å²) in [6.45, 7) is 0. The van der Waals surface area contributed by atoms with Gasteiger partial charge in [-0.1, -0.05) is 42.5 Å². The lowest BCUT2D eigenvalue weighted by molar-refractivity contribution is 0.0252. The summed E-state index contributed by atoms with van der Waals surface area (Å²) in [6, 6.07) is 21.0. The highest BCUT2D eigenvalue weighted by molar-refractivity contribution is 6.08. The summed E-state index contributed by atoms with van der Waals surface area (Å²) in [6.07, 6.45) is 0.0786. The zero-order valence-electron chi connectivity index (χ0n) is 16.3. The van der Waals surface area contributed by atoms with Crippen LogP contribution in [0.4, 0.5) is 5.69 Å². The van der Waals surface area contributed by atoms with E-state index in [1.807, 2.05) is 30.3 Å². The summed E-state index contributed by atoms with van der Waals surface area (Å²) in [5.74, 6) is -1.33. The molecule has 0 bridgehead atoms. The quantitative estimate of drug-likeness (QED) is 0.664. The van der Waals surface area contributed by atoms with Crippen LogP contribution in [0, 0.1) is 0 Å². The van der Waals surface area contributed by atoms with Crippen molar-refractivity contribution in [2.45, 2.75) is 12.5 Å². The van der Waals surface area contributed by atoms with Gasteiger partial charge in [-0.2, -0.15) is 0 Å². The van der Waals surface area contributed by atoms with Crippen molar-refractivity contribution in [1.29, 1.82) is 0 Å². The number of fused-ring (bicyclic) bond motifs is 1. The van der Waals surface area contributed by atoms with Gasteiger partial charge in [0.2, 0.25) is 0 Å². The van der Waals surface area contributed by atoms with Gasteiger partial charge in [-0.15, -0.1) is 0 Å². The molecule has 30 heavy (non-hydrogen) atoms. The first-order chi connectivity index (χ1) is 14.6. The normalized spacial score (nSPS) is 15.0. The topological polar surface area (TPSA) is 81.7 Å². The summed E-state index contributed by atoms with van der Waals surface area (Å²) >= 11 is 0. The lowest BCUT2D eigenvalue weighted by Gasteiger charge is -2.25. The second kappa shape index (κ2) is 8.21. The minimum absolute atomic E-state index is 0.263. The van der Waals surface area contributed by atoms with Crippen LogP contribution in [-0.2, 0) is 15.9 Å². The number of benzene rings is 3. The van der Waals surface area contributed by atoms with E-state index in [2.05, 4.69) is 5.32 Å². The predicted molar refractivity (Wildman–Crippen MR) is 110 cm³/mol. The molecule has 1 aliphatic heterocycles. The number of methoxy groups -OCH3 is 1. The maximum Gasteiger partial charge on any atom is 0.339 e. The van der Waals surface area contributed by atoms with Crippen molar-refractivity contribution in [2.24, 2.45) is 0 Å². The zero-order valence-corrected chi connectivity index (χ0v) is 16.3. The summed E-state index contributed by atoms with van der Waals surface area (Å²) in [5, 5.41) is 2.75. The maximum atomic E-state index is 12.8. The Morgan fingerprint density at radius 3 is 2.50 bits per heavy atom. The van der Waals surface area contributed by atoms with E-state index in [0.717, 1.165) is 11.1 Å². The minimum atomic E-state index is -0.537. The van der Waals surface area contributed by atoms with Gasteiger partial charge in [-0.3, -0.25) is 4.79 Å². The van der Waals surface area contributed by atoms with Crippen molar-refractivity contribution in [3.05, 3.63) is 101 Å². The Morgan fingerprint density at radius 2 is 1.73 bits per heavy atom. The number of rotatable bonds is 4. The summed E-state index contributed by atoms with van der Waals surface area (Å²) in [5.41, 5.74) is 3.10. The van der Waals surface area contributed by atoms with E-state index in [0.29, 0.717) is 23.2 Å². The molecule has 6 heteroatoms. The van der Waals surface area contributed by atoms with Gasteiger partial charge < -0.3 is 14.8 Å². The van der Waals surface area contributed by atoms with Crippen molar-refractivity contribution in [2.75, 3.05) is 12.4 Å². The monoisotopic (exact) mass is 401 g/mol. The minimum Gasteiger partial charge on any atom is -0.465 e. The molecule has 0 aliphatic carbocycles. The van der Waals surface area contributed by atoms with Gasteiger partial charge in [-0.25, -0.2) is 9.59 Å². The first kappa shape index (κ1) is 19.4. The van der Waals surface area contributed by atoms with Crippen LogP contribution in [0.2, 0.25) is 0 Å². The average molecular weight is 401 g/mol. The second-order valence-corrected chi connectivity index (χ2v) is 6.87. The molecule has 4 rings (SSSR count). The number of carbonyl (C=O) groups is 3. The third-order valence-electron chi connectivity index (χ3n) is 4.99. The van der Waals surface area contributed by atoms with Crippen molar-refractivity contribution in [3.8, 4) is 0 Å². The van der Waals surface area contributed by atoms with E-state index >= 15 is 0 Å². The number of nitrogens with one attached hydrogen (secondary N) is 1. The fourth-order valence-corrected chi connectivity index (χ4v) is 3.47. The van der Waals surface area contributed by atoms with E-state index in [1.165, 1.54) is 7.11 Å². The lowest BCUT2D eigenvalue weighted by Crippen LogP contribution is -2.23. The summed E-state index contributed by atoms with van der Waals surface area (Å²) in [7, 11) is 1.28. The molecule has 3 aromatic rings. The highest BCUT2D eigenvalue weighted by atomic mass is 16.5. The third kappa shape index (κ3) is 3.80. The van der Waals surface area contributed by atoms with Crippen molar-refractivity contribution in [3.63, 3.8) is 0 Å². The van der Waals surface area contributed by atoms with Gasteiger partial charge in [0.25, 0.3) is 5.91 Å². The summed E-state index contributed by atoms with van der Waals surface area (Å²) in [4.78, 5) is 37.2. The van der Waals surface area contributed by atoms with Gasteiger partial charge in [0, 0.05) is 12.0 Å². The molecule has 0 saturated heterocycles. The smallest absolute Gasteiger partial charge is 0.339 e. The molecule has 1 amide bonds. The number of hydrogen-bond acceptors (Lipinski definition) is 5. The van der Waals surface area contributed by atoms with E-state index in [9.17, 15) is 14.4 Å². The number of anilines is 1. The largest absolute Gasteiger partial charge is 0.465 e. The van der Waals surface area contributed by atoms with Crippen LogP contribution < -0.4 is 5.32 Å². The molecule has 1 heterocycles. The van der Waals surface area contributed by atoms with E-state index < -0.39 is 18.0 Å². The van der Waals surface area contributed by atoms with Crippen LogP contribution in [-0.4, -0.2) is 25.0 Å². The molecule has 1 aliphatic rings. The Kier molecular flexibility index (Phi) is 5.30. The summed E-state index contributed by atoms with van der Waals surface area (Å²) < 4.78 is 10.3. The number of carbonyl (C=O) groups excluding carboxylic acids is 3. The van der Waals surface area contributed by atoms with Crippen LogP contribution >= 0.6 is 0 Å². The Hall–Kier alpha value is -3.93. The third-order valence-corrected chi connectivity index (χ3v) is 4.99. The number of para-hydroxylation sites is 1. The van der Waals surface area contributed by atoms with Crippen LogP contribution in [0.3, 0.4) is 0 Å². The Bertz CT molecular complexity index is 1120. The molecule has 6 nitrogen and oxygen atoms in total. The van der Waals surface area contributed by atoms with Crippen molar-refractivity contribution < 1.29 is 23.9 Å². The second-order valence-electron chi connectivity index (χ2n) is 6.87. The zero-order chi connectivity index (χ0) is 21.1. The molecule has 0 saturated carbocycles. The predicted octanol–water partition coefficient (Wildman–Crippen LogP) is 4.18. The average Bonchev–Trinajstić information content (AvgIpc) is 2.79. The van der Waals surface area contributed by atoms with Crippen LogP contribution in [0.15, 0.2) is 72.8 Å². The Balaban J connectivity index is 1.60. The number of cyclic esters (lactones) is 1. The molecule has 3 aromatic carbocycles. The molecular weight excluding hydrogens is 382 g/mol. The first-order valence-electron chi connectivity index (χ1n) is 9.44. The molecule has 1 N–H and O–H groups in total. The molecule has 1 atom stereocenters. The van der Waals surface area contributed by atoms with Crippen LogP contribution in [0.5, 0.6) is 0 Å². The van der Waals surface area contributed by atoms with Gasteiger partial charge in [-0.05, 0) is 41.5 Å². The number of hydrogen-bond donors (Lipinski definition) is 1. The van der Waals surface area contributed by atoms with Gasteiger partial charge >= 0.3 is 11.9 Å². The fourth-order valence-electron chi connectivity index (χ4n) is 3.47. The van der Waals surface area contributed by atoms with Crippen LogP contribution in [0.25, 0.3) is 0 Å². The van der Waals surface area contributed by atoms with Gasteiger partial charge in [0.05, 0.1) is 23.9 Å². The van der Waals surface area contributed by atoms with Crippen molar-refractivity contribution >= 4 is 23.5 Å². The molecular formula is C24H19NO5. The molecule has 0 aromatic heterocycles. The van der Waals surface area contributed by atoms with E-state index in [1.54, 1.807) is 42.5 Å². The van der Waals surface area contributed by atoms with E-state index in [4.69, 9.17) is 9.47 Å². The molecule has 0 spiro atoms. The highest BCUT2D eigenvalue weighted by Gasteiger charge is 2.28. The Morgan fingerprint density at radius 1 is 1.00 bits per heavy atom. The Labute approximate surface area is 173 Å². The first-order valence-corrected chi connectivity index (χ1v) is 9.44. The molecule has 1 unspecified atom stereocenters. The number of amides is 1. The number of esters is 2.